The normalized spacial score (nSPS) is 27.7. The molecule has 1 aliphatic heterocycles. The van der Waals surface area contributed by atoms with Crippen LogP contribution in [0.3, 0.4) is 0 Å². The van der Waals surface area contributed by atoms with Crippen LogP contribution in [0.15, 0.2) is 23.1 Å². The third-order valence-corrected chi connectivity index (χ3v) is 6.10. The molecule has 126 valence electrons. The van der Waals surface area contributed by atoms with Crippen LogP contribution in [0.1, 0.15) is 39.5 Å². The lowest BCUT2D eigenvalue weighted by Crippen LogP contribution is -2.41. The Morgan fingerprint density at radius 2 is 1.96 bits per heavy atom. The second-order valence-corrected chi connectivity index (χ2v) is 8.11. The van der Waals surface area contributed by atoms with Crippen molar-refractivity contribution < 1.29 is 17.9 Å². The van der Waals surface area contributed by atoms with Gasteiger partial charge in [0, 0.05) is 6.04 Å². The van der Waals surface area contributed by atoms with Gasteiger partial charge in [-0.25, -0.2) is 13.1 Å². The highest BCUT2D eigenvalue weighted by Gasteiger charge is 2.29. The summed E-state index contributed by atoms with van der Waals surface area (Å²) in [7, 11) is -3.61. The zero-order chi connectivity index (χ0) is 16.6. The molecule has 3 unspecified atom stereocenters. The Hall–Kier alpha value is -1.60. The van der Waals surface area contributed by atoms with Crippen molar-refractivity contribution in [2.24, 2.45) is 5.92 Å². The van der Waals surface area contributed by atoms with E-state index in [0.717, 1.165) is 25.7 Å². The van der Waals surface area contributed by atoms with E-state index in [0.29, 0.717) is 17.4 Å². The van der Waals surface area contributed by atoms with Crippen molar-refractivity contribution in [1.82, 2.24) is 4.72 Å². The number of hydrogen-bond donors (Lipinski definition) is 2. The van der Waals surface area contributed by atoms with Crippen LogP contribution in [0.4, 0.5) is 5.69 Å². The highest BCUT2D eigenvalue weighted by molar-refractivity contribution is 7.89. The number of anilines is 1. The number of nitrogens with one attached hydrogen (secondary N) is 2. The van der Waals surface area contributed by atoms with Gasteiger partial charge < -0.3 is 10.1 Å². The van der Waals surface area contributed by atoms with E-state index in [9.17, 15) is 13.2 Å². The Balaban J connectivity index is 1.83. The molecule has 1 saturated carbocycles. The molecule has 0 bridgehead atoms. The smallest absolute Gasteiger partial charge is 0.265 e. The fraction of sp³-hybridized carbons (Fsp3) is 0.562. The molecule has 1 aromatic rings. The quantitative estimate of drug-likeness (QED) is 0.885. The highest BCUT2D eigenvalue weighted by Crippen LogP contribution is 2.32. The summed E-state index contributed by atoms with van der Waals surface area (Å²) in [4.78, 5) is 11.8. The summed E-state index contributed by atoms with van der Waals surface area (Å²) in [6.45, 7) is 3.73. The summed E-state index contributed by atoms with van der Waals surface area (Å²) in [5, 5.41) is 2.68. The van der Waals surface area contributed by atoms with Gasteiger partial charge in [-0.3, -0.25) is 4.79 Å². The topological polar surface area (TPSA) is 84.5 Å². The van der Waals surface area contributed by atoms with Crippen molar-refractivity contribution in [2.75, 3.05) is 5.32 Å². The molecule has 6 nitrogen and oxygen atoms in total. The molecule has 0 spiro atoms. The van der Waals surface area contributed by atoms with E-state index >= 15 is 0 Å². The van der Waals surface area contributed by atoms with E-state index in [4.69, 9.17) is 4.74 Å². The van der Waals surface area contributed by atoms with Gasteiger partial charge in [-0.05, 0) is 43.9 Å². The summed E-state index contributed by atoms with van der Waals surface area (Å²) in [6.07, 6.45) is 3.52. The minimum absolute atomic E-state index is 0.0318. The van der Waals surface area contributed by atoms with Crippen molar-refractivity contribution in [3.8, 4) is 5.75 Å². The maximum atomic E-state index is 12.6. The standard InChI is InChI=1S/C16H22N2O4S/c1-10-5-3-4-6-13(10)18-23(20,21)12-7-8-15-14(9-12)17-16(19)11(2)22-15/h7-11,13,18H,3-6H2,1-2H3,(H,17,19). The van der Waals surface area contributed by atoms with Crippen molar-refractivity contribution in [3.05, 3.63) is 18.2 Å². The fourth-order valence-electron chi connectivity index (χ4n) is 3.11. The fourth-order valence-corrected chi connectivity index (χ4v) is 4.52. The lowest BCUT2D eigenvalue weighted by atomic mass is 9.87. The summed E-state index contributed by atoms with van der Waals surface area (Å²) >= 11 is 0. The van der Waals surface area contributed by atoms with Crippen LogP contribution in [-0.2, 0) is 14.8 Å². The van der Waals surface area contributed by atoms with Crippen molar-refractivity contribution in [2.45, 2.75) is 56.6 Å². The zero-order valence-corrected chi connectivity index (χ0v) is 14.2. The Bertz CT molecular complexity index is 717. The summed E-state index contributed by atoms with van der Waals surface area (Å²) in [5.74, 6) is 0.544. The van der Waals surface area contributed by atoms with Gasteiger partial charge in [0.15, 0.2) is 6.10 Å². The molecule has 1 aliphatic carbocycles. The first-order chi connectivity index (χ1) is 10.9. The Morgan fingerprint density at radius 3 is 2.70 bits per heavy atom. The first kappa shape index (κ1) is 16.3. The maximum Gasteiger partial charge on any atom is 0.265 e. The van der Waals surface area contributed by atoms with Gasteiger partial charge in [-0.2, -0.15) is 0 Å². The number of fused-ring (bicyclic) bond motifs is 1. The molecule has 7 heteroatoms. The van der Waals surface area contributed by atoms with Gasteiger partial charge in [-0.15, -0.1) is 0 Å². The summed E-state index contributed by atoms with van der Waals surface area (Å²) in [6, 6.07) is 4.52. The Labute approximate surface area is 136 Å². The lowest BCUT2D eigenvalue weighted by molar-refractivity contribution is -0.122. The number of sulfonamides is 1. The van der Waals surface area contributed by atoms with E-state index in [1.54, 1.807) is 13.0 Å². The van der Waals surface area contributed by atoms with Gasteiger partial charge in [0.25, 0.3) is 5.91 Å². The van der Waals surface area contributed by atoms with Gasteiger partial charge in [-0.1, -0.05) is 19.8 Å². The Morgan fingerprint density at radius 1 is 1.22 bits per heavy atom. The summed E-state index contributed by atoms with van der Waals surface area (Å²) < 4.78 is 33.5. The maximum absolute atomic E-state index is 12.6. The molecule has 23 heavy (non-hydrogen) atoms. The van der Waals surface area contributed by atoms with E-state index in [-0.39, 0.29) is 16.8 Å². The predicted molar refractivity (Wildman–Crippen MR) is 86.9 cm³/mol. The van der Waals surface area contributed by atoms with Crippen LogP contribution in [0.25, 0.3) is 0 Å². The average molecular weight is 338 g/mol. The number of carbonyl (C=O) groups is 1. The van der Waals surface area contributed by atoms with Crippen LogP contribution >= 0.6 is 0 Å². The lowest BCUT2D eigenvalue weighted by Gasteiger charge is -2.29. The van der Waals surface area contributed by atoms with Crippen LogP contribution in [-0.4, -0.2) is 26.5 Å². The van der Waals surface area contributed by atoms with Gasteiger partial charge >= 0.3 is 0 Å². The van der Waals surface area contributed by atoms with Crippen LogP contribution < -0.4 is 14.8 Å². The molecule has 0 aromatic heterocycles. The highest BCUT2D eigenvalue weighted by atomic mass is 32.2. The third-order valence-electron chi connectivity index (χ3n) is 4.61. The van der Waals surface area contributed by atoms with Crippen molar-refractivity contribution in [1.29, 1.82) is 0 Å². The molecule has 1 fully saturated rings. The molecule has 2 N–H and O–H groups in total. The van der Waals surface area contributed by atoms with Crippen LogP contribution in [0, 0.1) is 5.92 Å². The third kappa shape index (κ3) is 3.35. The van der Waals surface area contributed by atoms with E-state index in [1.165, 1.54) is 12.1 Å². The van der Waals surface area contributed by atoms with Crippen LogP contribution in [0.5, 0.6) is 5.75 Å². The monoisotopic (exact) mass is 338 g/mol. The molecule has 0 saturated heterocycles. The van der Waals surface area contributed by atoms with Crippen LogP contribution in [0.2, 0.25) is 0 Å². The number of hydrogen-bond acceptors (Lipinski definition) is 4. The molecule has 0 radical (unpaired) electrons. The minimum atomic E-state index is -3.61. The predicted octanol–water partition coefficient (Wildman–Crippen LogP) is 2.26. The van der Waals surface area contributed by atoms with E-state index in [2.05, 4.69) is 17.0 Å². The number of amides is 1. The number of rotatable bonds is 3. The van der Waals surface area contributed by atoms with Crippen molar-refractivity contribution >= 4 is 21.6 Å². The van der Waals surface area contributed by atoms with Gasteiger partial charge in [0.2, 0.25) is 10.0 Å². The second-order valence-electron chi connectivity index (χ2n) is 6.40. The number of carbonyl (C=O) groups excluding carboxylic acids is 1. The molecule has 1 aromatic carbocycles. The number of ether oxygens (including phenoxy) is 1. The van der Waals surface area contributed by atoms with E-state index < -0.39 is 16.1 Å². The van der Waals surface area contributed by atoms with Gasteiger partial charge in [0.05, 0.1) is 10.6 Å². The molecule has 3 rings (SSSR count). The number of benzene rings is 1. The molecular formula is C16H22N2O4S. The zero-order valence-electron chi connectivity index (χ0n) is 13.3. The molecule has 3 atom stereocenters. The van der Waals surface area contributed by atoms with Crippen molar-refractivity contribution in [3.63, 3.8) is 0 Å². The molecule has 1 heterocycles. The minimum Gasteiger partial charge on any atom is -0.479 e. The molecular weight excluding hydrogens is 316 g/mol. The SMILES string of the molecule is CC1Oc2ccc(S(=O)(=O)NC3CCCCC3C)cc2NC1=O. The Kier molecular flexibility index (Phi) is 4.33. The molecule has 2 aliphatic rings. The average Bonchev–Trinajstić information content (AvgIpc) is 2.50. The summed E-state index contributed by atoms with van der Waals surface area (Å²) in [5.41, 5.74) is 0.396. The first-order valence-corrected chi connectivity index (χ1v) is 9.49. The molecule has 1 amide bonds. The largest absolute Gasteiger partial charge is 0.479 e. The van der Waals surface area contributed by atoms with Gasteiger partial charge in [0.1, 0.15) is 5.75 Å². The first-order valence-electron chi connectivity index (χ1n) is 8.01. The second kappa shape index (κ2) is 6.13. The van der Waals surface area contributed by atoms with E-state index in [1.807, 2.05) is 0 Å².